The van der Waals surface area contributed by atoms with Crippen molar-refractivity contribution in [2.75, 3.05) is 0 Å². The third-order valence-electron chi connectivity index (χ3n) is 1.94. The molecule has 0 bridgehead atoms. The Hall–Kier alpha value is -1.92. The molecule has 0 unspecified atom stereocenters. The first kappa shape index (κ1) is 10.6. The highest BCUT2D eigenvalue weighted by Gasteiger charge is 2.27. The van der Waals surface area contributed by atoms with Gasteiger partial charge in [-0.05, 0) is 0 Å². The fourth-order valence-corrected chi connectivity index (χ4v) is 1.21. The first-order chi connectivity index (χ1) is 7.54. The molecule has 1 N–H and O–H groups in total. The third-order valence-corrected chi connectivity index (χ3v) is 1.94. The molecule has 0 saturated carbocycles. The van der Waals surface area contributed by atoms with E-state index in [0.29, 0.717) is 0 Å². The lowest BCUT2D eigenvalue weighted by Crippen LogP contribution is -2.04. The predicted molar refractivity (Wildman–Crippen MR) is 43.8 cm³/mol. The SMILES string of the molecule is Fc1c(F)c(F)c(-c2ncc[nH]2)c(F)c1F. The Bertz CT molecular complexity index is 506. The molecule has 2 nitrogen and oxygen atoms in total. The van der Waals surface area contributed by atoms with Gasteiger partial charge in [-0.1, -0.05) is 0 Å². The summed E-state index contributed by atoms with van der Waals surface area (Å²) in [6, 6.07) is 0. The summed E-state index contributed by atoms with van der Waals surface area (Å²) in [6.07, 6.45) is 2.33. The topological polar surface area (TPSA) is 28.7 Å². The summed E-state index contributed by atoms with van der Waals surface area (Å²) in [5.74, 6) is -10.4. The quantitative estimate of drug-likeness (QED) is 0.458. The van der Waals surface area contributed by atoms with Crippen LogP contribution in [0.4, 0.5) is 22.0 Å². The summed E-state index contributed by atoms with van der Waals surface area (Å²) in [5.41, 5.74) is -1.07. The zero-order valence-corrected chi connectivity index (χ0v) is 7.49. The first-order valence-corrected chi connectivity index (χ1v) is 4.05. The van der Waals surface area contributed by atoms with Gasteiger partial charge in [-0.15, -0.1) is 0 Å². The molecule has 0 amide bonds. The fourth-order valence-electron chi connectivity index (χ4n) is 1.21. The molecule has 0 aliphatic heterocycles. The van der Waals surface area contributed by atoms with Gasteiger partial charge in [0.15, 0.2) is 23.3 Å². The Kier molecular flexibility index (Phi) is 2.37. The molecule has 0 fully saturated rings. The van der Waals surface area contributed by atoms with Gasteiger partial charge < -0.3 is 4.98 Å². The van der Waals surface area contributed by atoms with Crippen LogP contribution in [-0.4, -0.2) is 9.97 Å². The summed E-state index contributed by atoms with van der Waals surface area (Å²) >= 11 is 0. The van der Waals surface area contributed by atoms with Gasteiger partial charge in [0.1, 0.15) is 5.82 Å². The number of aromatic nitrogens is 2. The molecule has 16 heavy (non-hydrogen) atoms. The lowest BCUT2D eigenvalue weighted by Gasteiger charge is -2.05. The second-order valence-electron chi connectivity index (χ2n) is 2.88. The van der Waals surface area contributed by atoms with Crippen LogP contribution in [0.15, 0.2) is 12.4 Å². The molecular formula is C9H3F5N2. The molecule has 2 aromatic rings. The Morgan fingerprint density at radius 2 is 1.31 bits per heavy atom. The van der Waals surface area contributed by atoms with Crippen molar-refractivity contribution in [1.82, 2.24) is 9.97 Å². The number of rotatable bonds is 1. The van der Waals surface area contributed by atoms with Crippen molar-refractivity contribution < 1.29 is 22.0 Å². The maximum Gasteiger partial charge on any atom is 0.200 e. The van der Waals surface area contributed by atoms with Crippen LogP contribution in [0.3, 0.4) is 0 Å². The monoisotopic (exact) mass is 234 g/mol. The first-order valence-electron chi connectivity index (χ1n) is 4.05. The van der Waals surface area contributed by atoms with Gasteiger partial charge in [-0.25, -0.2) is 26.9 Å². The average molecular weight is 234 g/mol. The fraction of sp³-hybridized carbons (Fsp3) is 0. The average Bonchev–Trinajstić information content (AvgIpc) is 2.77. The van der Waals surface area contributed by atoms with E-state index in [1.54, 1.807) is 0 Å². The van der Waals surface area contributed by atoms with Crippen LogP contribution in [0.1, 0.15) is 0 Å². The highest BCUT2D eigenvalue weighted by molar-refractivity contribution is 5.57. The number of nitrogens with zero attached hydrogens (tertiary/aromatic N) is 1. The summed E-state index contributed by atoms with van der Waals surface area (Å²) in [7, 11) is 0. The summed E-state index contributed by atoms with van der Waals surface area (Å²) in [6.45, 7) is 0. The highest BCUT2D eigenvalue weighted by atomic mass is 19.2. The van der Waals surface area contributed by atoms with E-state index in [1.807, 2.05) is 0 Å². The number of imidazole rings is 1. The minimum atomic E-state index is -2.19. The van der Waals surface area contributed by atoms with Crippen LogP contribution < -0.4 is 0 Å². The minimum Gasteiger partial charge on any atom is -0.344 e. The summed E-state index contributed by atoms with van der Waals surface area (Å²) < 4.78 is 64.6. The zero-order valence-electron chi connectivity index (χ0n) is 7.49. The van der Waals surface area contributed by atoms with Gasteiger partial charge in [-0.2, -0.15) is 0 Å². The van der Waals surface area contributed by atoms with Crippen molar-refractivity contribution in [3.63, 3.8) is 0 Å². The standard InChI is InChI=1S/C9H3F5N2/c10-4-3(9-15-1-2-16-9)5(11)7(13)8(14)6(4)12/h1-2H,(H,15,16). The number of aromatic amines is 1. The van der Waals surface area contributed by atoms with E-state index in [4.69, 9.17) is 0 Å². The lowest BCUT2D eigenvalue weighted by molar-refractivity contribution is 0.381. The largest absolute Gasteiger partial charge is 0.344 e. The van der Waals surface area contributed by atoms with Crippen molar-refractivity contribution in [3.05, 3.63) is 41.5 Å². The number of hydrogen-bond donors (Lipinski definition) is 1. The van der Waals surface area contributed by atoms with Crippen molar-refractivity contribution in [2.45, 2.75) is 0 Å². The van der Waals surface area contributed by atoms with E-state index in [-0.39, 0.29) is 0 Å². The molecule has 0 spiro atoms. The van der Waals surface area contributed by atoms with E-state index in [9.17, 15) is 22.0 Å². The van der Waals surface area contributed by atoms with Gasteiger partial charge in [0.2, 0.25) is 5.82 Å². The Morgan fingerprint density at radius 1 is 0.812 bits per heavy atom. The second kappa shape index (κ2) is 3.58. The van der Waals surface area contributed by atoms with Crippen molar-refractivity contribution >= 4 is 0 Å². The number of nitrogens with one attached hydrogen (secondary N) is 1. The molecule has 2 rings (SSSR count). The molecule has 1 aromatic carbocycles. The van der Waals surface area contributed by atoms with Crippen LogP contribution in [0.25, 0.3) is 11.4 Å². The van der Waals surface area contributed by atoms with E-state index in [2.05, 4.69) is 9.97 Å². The summed E-state index contributed by atoms with van der Waals surface area (Å²) in [4.78, 5) is 5.69. The maximum absolute atomic E-state index is 13.2. The molecule has 0 radical (unpaired) electrons. The third kappa shape index (κ3) is 1.36. The smallest absolute Gasteiger partial charge is 0.200 e. The predicted octanol–water partition coefficient (Wildman–Crippen LogP) is 2.77. The van der Waals surface area contributed by atoms with Crippen LogP contribution >= 0.6 is 0 Å². The minimum absolute atomic E-state index is 0.423. The highest BCUT2D eigenvalue weighted by Crippen LogP contribution is 2.29. The number of benzene rings is 1. The van der Waals surface area contributed by atoms with Gasteiger partial charge in [-0.3, -0.25) is 0 Å². The molecule has 7 heteroatoms. The van der Waals surface area contributed by atoms with Crippen molar-refractivity contribution in [1.29, 1.82) is 0 Å². The van der Waals surface area contributed by atoms with Gasteiger partial charge >= 0.3 is 0 Å². The number of H-pyrrole nitrogens is 1. The molecule has 1 aromatic heterocycles. The molecule has 0 atom stereocenters. The zero-order chi connectivity index (χ0) is 11.9. The van der Waals surface area contributed by atoms with Crippen molar-refractivity contribution in [3.8, 4) is 11.4 Å². The van der Waals surface area contributed by atoms with Crippen LogP contribution in [-0.2, 0) is 0 Å². The van der Waals surface area contributed by atoms with Crippen LogP contribution in [0.5, 0.6) is 0 Å². The van der Waals surface area contributed by atoms with Gasteiger partial charge in [0.25, 0.3) is 0 Å². The lowest BCUT2D eigenvalue weighted by atomic mass is 10.1. The molecule has 0 saturated heterocycles. The number of halogens is 5. The van der Waals surface area contributed by atoms with Gasteiger partial charge in [0.05, 0.1) is 5.56 Å². The Morgan fingerprint density at radius 3 is 1.75 bits per heavy atom. The molecule has 0 aliphatic rings. The number of hydrogen-bond acceptors (Lipinski definition) is 1. The van der Waals surface area contributed by atoms with Crippen LogP contribution in [0, 0.1) is 29.1 Å². The van der Waals surface area contributed by atoms with E-state index >= 15 is 0 Å². The normalized spacial score (nSPS) is 10.8. The maximum atomic E-state index is 13.2. The molecule has 1 heterocycles. The second-order valence-corrected chi connectivity index (χ2v) is 2.88. The molecule has 84 valence electrons. The molecular weight excluding hydrogens is 231 g/mol. The Balaban J connectivity index is 2.81. The van der Waals surface area contributed by atoms with Crippen LogP contribution in [0.2, 0.25) is 0 Å². The molecule has 0 aliphatic carbocycles. The Labute approximate surface area is 85.7 Å². The van der Waals surface area contributed by atoms with Gasteiger partial charge in [0, 0.05) is 12.4 Å². The van der Waals surface area contributed by atoms with E-state index in [1.165, 1.54) is 6.20 Å². The summed E-state index contributed by atoms with van der Waals surface area (Å²) in [5, 5.41) is 0. The van der Waals surface area contributed by atoms with Crippen molar-refractivity contribution in [2.24, 2.45) is 0 Å². The van der Waals surface area contributed by atoms with E-state index in [0.717, 1.165) is 6.20 Å². The van der Waals surface area contributed by atoms with E-state index < -0.39 is 40.5 Å².